The van der Waals surface area contributed by atoms with Gasteiger partial charge in [0.25, 0.3) is 5.91 Å². The van der Waals surface area contributed by atoms with Crippen LogP contribution in [0.2, 0.25) is 0 Å². The van der Waals surface area contributed by atoms with Gasteiger partial charge in [0.05, 0.1) is 27.0 Å². The Morgan fingerprint density at radius 1 is 0.941 bits per heavy atom. The summed E-state index contributed by atoms with van der Waals surface area (Å²) in [5.74, 6) is 1.78. The lowest BCUT2D eigenvalue weighted by Gasteiger charge is -2.44. The monoisotopic (exact) mass is 495 g/mol. The van der Waals surface area contributed by atoms with Gasteiger partial charge in [-0.05, 0) is 35.9 Å². The van der Waals surface area contributed by atoms with Crippen LogP contribution in [-0.2, 0) is 4.79 Å². The van der Waals surface area contributed by atoms with E-state index < -0.39 is 11.4 Å². The van der Waals surface area contributed by atoms with E-state index in [0.717, 1.165) is 26.6 Å². The lowest BCUT2D eigenvalue weighted by Crippen LogP contribution is -2.63. The number of amidine groups is 1. The number of benzene rings is 3. The molecular weight excluding hydrogens is 474 g/mol. The number of hydrogen-bond donors (Lipinski definition) is 1. The minimum absolute atomic E-state index is 0.245. The molecule has 3 aromatic rings. The molecule has 174 valence electrons. The van der Waals surface area contributed by atoms with Crippen LogP contribution < -0.4 is 19.6 Å². The highest BCUT2D eigenvalue weighted by Gasteiger charge is 2.49. The maximum absolute atomic E-state index is 12.9. The molecule has 1 N–H and O–H groups in total. The number of rotatable bonds is 5. The van der Waals surface area contributed by atoms with Crippen LogP contribution >= 0.6 is 23.4 Å². The first kappa shape index (κ1) is 22.4. The fraction of sp³-hybridized carbons (Fsp3) is 0.200. The molecule has 9 heteroatoms. The van der Waals surface area contributed by atoms with Gasteiger partial charge in [0, 0.05) is 15.4 Å². The first-order chi connectivity index (χ1) is 16.5. The van der Waals surface area contributed by atoms with E-state index in [1.54, 1.807) is 45.2 Å². The zero-order valence-electron chi connectivity index (χ0n) is 18.7. The Morgan fingerprint density at radius 2 is 1.59 bits per heavy atom. The minimum Gasteiger partial charge on any atom is -0.493 e. The number of fused-ring (bicyclic) bond motifs is 2. The van der Waals surface area contributed by atoms with Crippen molar-refractivity contribution < 1.29 is 19.0 Å². The molecule has 1 fully saturated rings. The highest BCUT2D eigenvalue weighted by atomic mass is 35.5. The summed E-state index contributed by atoms with van der Waals surface area (Å²) in [5, 5.41) is 0.755. The molecule has 2 atom stereocenters. The quantitative estimate of drug-likeness (QED) is 0.399. The zero-order chi connectivity index (χ0) is 23.8. The van der Waals surface area contributed by atoms with Crippen LogP contribution in [0, 0.1) is 0 Å². The number of amides is 1. The summed E-state index contributed by atoms with van der Waals surface area (Å²) < 4.78 is 16.4. The van der Waals surface area contributed by atoms with Gasteiger partial charge in [-0.15, -0.1) is 11.6 Å². The molecule has 0 aliphatic carbocycles. The van der Waals surface area contributed by atoms with Crippen LogP contribution in [0.1, 0.15) is 17.2 Å². The van der Waals surface area contributed by atoms with E-state index >= 15 is 0 Å². The first-order valence-electron chi connectivity index (χ1n) is 10.5. The molecule has 3 aromatic carbocycles. The van der Waals surface area contributed by atoms with Crippen LogP contribution in [0.15, 0.2) is 75.4 Å². The molecule has 0 aromatic heterocycles. The van der Waals surface area contributed by atoms with Crippen LogP contribution in [0.4, 0.5) is 5.69 Å². The third kappa shape index (κ3) is 3.73. The standard InChI is InChI=1S/C25H22ClN3O4S/c1-31-17-12-14(13-18(32-2)23(17)33-3)22-21(26)25(30)29(22)28-24-15-8-4-6-10-19(15)34-20-11-7-5-9-16(20)27-24/h4-13,21-22H,1-3H3,(H,27,28)/t21-,22-/m1/s1. The number of para-hydroxylation sites is 1. The fourth-order valence-corrected chi connectivity index (χ4v) is 5.44. The number of alkyl halides is 1. The Labute approximate surface area is 206 Å². The van der Waals surface area contributed by atoms with Crippen LogP contribution in [-0.4, -0.2) is 43.5 Å². The van der Waals surface area contributed by atoms with Crippen molar-refractivity contribution in [1.29, 1.82) is 0 Å². The van der Waals surface area contributed by atoms with Crippen LogP contribution in [0.5, 0.6) is 17.2 Å². The number of carbonyl (C=O) groups excluding carboxylic acids is 1. The average Bonchev–Trinajstić information content (AvgIpc) is 3.03. The van der Waals surface area contributed by atoms with Crippen molar-refractivity contribution in [2.24, 2.45) is 4.99 Å². The van der Waals surface area contributed by atoms with E-state index in [4.69, 9.17) is 30.8 Å². The molecule has 1 amide bonds. The van der Waals surface area contributed by atoms with E-state index in [2.05, 4.69) is 5.43 Å². The summed E-state index contributed by atoms with van der Waals surface area (Å²) in [6.45, 7) is 0. The summed E-state index contributed by atoms with van der Waals surface area (Å²) in [5.41, 5.74) is 5.72. The number of aliphatic imine (C=N–C) groups is 1. The molecule has 2 aliphatic rings. The maximum Gasteiger partial charge on any atom is 0.262 e. The van der Waals surface area contributed by atoms with E-state index in [0.29, 0.717) is 23.1 Å². The SMILES string of the molecule is COc1cc([C@@H]2[C@@H](Cl)C(=O)N2NC2=Nc3ccccc3Sc3ccccc32)cc(OC)c1OC. The Kier molecular flexibility index (Phi) is 6.02. The number of nitrogens with one attached hydrogen (secondary N) is 1. The summed E-state index contributed by atoms with van der Waals surface area (Å²) in [7, 11) is 4.64. The van der Waals surface area contributed by atoms with Gasteiger partial charge in [0.15, 0.2) is 17.3 Å². The van der Waals surface area contributed by atoms with E-state index in [9.17, 15) is 4.79 Å². The smallest absolute Gasteiger partial charge is 0.262 e. The molecule has 0 bridgehead atoms. The molecule has 7 nitrogen and oxygen atoms in total. The molecular formula is C25H22ClN3O4S. The summed E-state index contributed by atoms with van der Waals surface area (Å²) in [4.78, 5) is 19.8. The Bertz CT molecular complexity index is 1270. The predicted molar refractivity (Wildman–Crippen MR) is 132 cm³/mol. The van der Waals surface area contributed by atoms with Crippen molar-refractivity contribution in [3.05, 3.63) is 71.8 Å². The lowest BCUT2D eigenvalue weighted by molar-refractivity contribution is -0.148. The van der Waals surface area contributed by atoms with E-state index in [1.165, 1.54) is 5.01 Å². The Hall–Kier alpha value is -3.36. The van der Waals surface area contributed by atoms with Crippen LogP contribution in [0.25, 0.3) is 0 Å². The van der Waals surface area contributed by atoms with Gasteiger partial charge in [0.1, 0.15) is 11.4 Å². The minimum atomic E-state index is -0.751. The second kappa shape index (κ2) is 9.12. The van der Waals surface area contributed by atoms with Crippen molar-refractivity contribution in [3.8, 4) is 17.2 Å². The van der Waals surface area contributed by atoms with E-state index in [-0.39, 0.29) is 5.91 Å². The highest BCUT2D eigenvalue weighted by molar-refractivity contribution is 7.99. The van der Waals surface area contributed by atoms with Crippen molar-refractivity contribution in [1.82, 2.24) is 10.4 Å². The normalized spacial score (nSPS) is 18.6. The average molecular weight is 496 g/mol. The molecule has 0 unspecified atom stereocenters. The topological polar surface area (TPSA) is 72.4 Å². The van der Waals surface area contributed by atoms with Gasteiger partial charge in [-0.2, -0.15) is 0 Å². The van der Waals surface area contributed by atoms with Crippen molar-refractivity contribution in [3.63, 3.8) is 0 Å². The first-order valence-corrected chi connectivity index (χ1v) is 11.8. The largest absolute Gasteiger partial charge is 0.493 e. The maximum atomic E-state index is 12.9. The summed E-state index contributed by atoms with van der Waals surface area (Å²) in [6.07, 6.45) is 0. The number of hydrogen-bond acceptors (Lipinski definition) is 7. The number of β-lactam (4-membered cyclic amide) rings is 1. The van der Waals surface area contributed by atoms with Crippen LogP contribution in [0.3, 0.4) is 0 Å². The lowest BCUT2D eigenvalue weighted by atomic mass is 9.94. The molecule has 1 saturated heterocycles. The van der Waals surface area contributed by atoms with Gasteiger partial charge in [-0.25, -0.2) is 10.0 Å². The second-order valence-electron chi connectivity index (χ2n) is 7.65. The zero-order valence-corrected chi connectivity index (χ0v) is 20.3. The van der Waals surface area contributed by atoms with Gasteiger partial charge in [-0.3, -0.25) is 10.2 Å². The number of hydrazine groups is 1. The summed E-state index contributed by atoms with van der Waals surface area (Å²) >= 11 is 8.14. The van der Waals surface area contributed by atoms with Gasteiger partial charge < -0.3 is 14.2 Å². The molecule has 34 heavy (non-hydrogen) atoms. The van der Waals surface area contributed by atoms with Gasteiger partial charge >= 0.3 is 0 Å². The highest BCUT2D eigenvalue weighted by Crippen LogP contribution is 2.45. The van der Waals surface area contributed by atoms with Crippen molar-refractivity contribution in [2.75, 3.05) is 21.3 Å². The summed E-state index contributed by atoms with van der Waals surface area (Å²) in [6, 6.07) is 19.0. The van der Waals surface area contributed by atoms with Gasteiger partial charge in [0.2, 0.25) is 5.75 Å². The fourth-order valence-electron chi connectivity index (χ4n) is 4.05. The molecule has 2 aliphatic heterocycles. The third-order valence-corrected chi connectivity index (χ3v) is 7.31. The van der Waals surface area contributed by atoms with Crippen molar-refractivity contribution in [2.45, 2.75) is 21.2 Å². The number of carbonyl (C=O) groups is 1. The number of halogens is 1. The Balaban J connectivity index is 1.55. The third-order valence-electron chi connectivity index (χ3n) is 5.74. The molecule has 2 heterocycles. The molecule has 5 rings (SSSR count). The molecule has 0 saturated carbocycles. The number of methoxy groups -OCH3 is 3. The number of nitrogens with zero attached hydrogens (tertiary/aromatic N) is 2. The van der Waals surface area contributed by atoms with Gasteiger partial charge in [-0.1, -0.05) is 42.1 Å². The van der Waals surface area contributed by atoms with Crippen molar-refractivity contribution >= 4 is 40.8 Å². The number of ether oxygens (including phenoxy) is 3. The Morgan fingerprint density at radius 3 is 2.26 bits per heavy atom. The predicted octanol–water partition coefficient (Wildman–Crippen LogP) is 4.95. The molecule has 0 spiro atoms. The molecule has 0 radical (unpaired) electrons. The van der Waals surface area contributed by atoms with E-state index in [1.807, 2.05) is 48.5 Å². The second-order valence-corrected chi connectivity index (χ2v) is 9.21.